The molecule has 0 spiro atoms. The van der Waals surface area contributed by atoms with Crippen molar-refractivity contribution in [1.29, 1.82) is 0 Å². The van der Waals surface area contributed by atoms with Crippen LogP contribution in [0.2, 0.25) is 0 Å². The van der Waals surface area contributed by atoms with Crippen LogP contribution in [0.4, 0.5) is 0 Å². The Balaban J connectivity index is 2.11. The van der Waals surface area contributed by atoms with E-state index in [-0.39, 0.29) is 12.5 Å². The van der Waals surface area contributed by atoms with Crippen LogP contribution in [0.15, 0.2) is 24.3 Å². The molecule has 1 N–H and O–H groups in total. The first-order valence-electron chi connectivity index (χ1n) is 7.96. The Morgan fingerprint density at radius 2 is 1.95 bits per heavy atom. The molecule has 2 unspecified atom stereocenters. The lowest BCUT2D eigenvalue weighted by Gasteiger charge is -2.33. The zero-order valence-corrected chi connectivity index (χ0v) is 13.6. The summed E-state index contributed by atoms with van der Waals surface area (Å²) in [5.74, 6) is -0.520. The maximum absolute atomic E-state index is 12.5. The number of carboxylic acid groups (broad SMARTS) is 1. The Kier molecular flexibility index (Phi) is 5.22. The molecule has 4 heteroatoms. The lowest BCUT2D eigenvalue weighted by atomic mass is 9.89. The molecule has 2 atom stereocenters. The quantitative estimate of drug-likeness (QED) is 0.908. The summed E-state index contributed by atoms with van der Waals surface area (Å²) in [5.41, 5.74) is 1.79. The topological polar surface area (TPSA) is 57.6 Å². The van der Waals surface area contributed by atoms with Crippen molar-refractivity contribution in [3.8, 4) is 0 Å². The van der Waals surface area contributed by atoms with E-state index in [1.165, 1.54) is 0 Å². The molecular weight excluding hydrogens is 278 g/mol. The van der Waals surface area contributed by atoms with Crippen LogP contribution in [0, 0.1) is 11.8 Å². The molecule has 0 saturated heterocycles. The van der Waals surface area contributed by atoms with Gasteiger partial charge in [0.2, 0.25) is 5.91 Å². The minimum absolute atomic E-state index is 0.0638. The summed E-state index contributed by atoms with van der Waals surface area (Å²) in [6.45, 7) is 7.19. The molecular formula is C18H25NO3. The largest absolute Gasteiger partial charge is 0.481 e. The monoisotopic (exact) mass is 303 g/mol. The van der Waals surface area contributed by atoms with Crippen molar-refractivity contribution in [2.45, 2.75) is 46.1 Å². The maximum Gasteiger partial charge on any atom is 0.312 e. The fraction of sp³-hybridized carbons (Fsp3) is 0.556. The van der Waals surface area contributed by atoms with E-state index in [4.69, 9.17) is 0 Å². The van der Waals surface area contributed by atoms with Gasteiger partial charge in [0.05, 0.1) is 5.92 Å². The van der Waals surface area contributed by atoms with E-state index in [9.17, 15) is 14.7 Å². The molecule has 0 saturated carbocycles. The Morgan fingerprint density at radius 3 is 2.59 bits per heavy atom. The minimum Gasteiger partial charge on any atom is -0.481 e. The number of benzene rings is 1. The predicted molar refractivity (Wildman–Crippen MR) is 85.5 cm³/mol. The van der Waals surface area contributed by atoms with Gasteiger partial charge in [-0.25, -0.2) is 0 Å². The number of fused-ring (bicyclic) bond motifs is 1. The van der Waals surface area contributed by atoms with Gasteiger partial charge in [0.15, 0.2) is 0 Å². The second-order valence-electron chi connectivity index (χ2n) is 6.80. The van der Waals surface area contributed by atoms with Gasteiger partial charge in [-0.1, -0.05) is 45.0 Å². The highest BCUT2D eigenvalue weighted by Gasteiger charge is 2.32. The number of carbonyl (C=O) groups is 2. The third kappa shape index (κ3) is 3.87. The molecule has 1 heterocycles. The molecule has 22 heavy (non-hydrogen) atoms. The van der Waals surface area contributed by atoms with Crippen molar-refractivity contribution in [2.24, 2.45) is 11.8 Å². The van der Waals surface area contributed by atoms with E-state index in [0.29, 0.717) is 24.8 Å². The van der Waals surface area contributed by atoms with Crippen LogP contribution in [-0.2, 0) is 16.1 Å². The van der Waals surface area contributed by atoms with E-state index in [1.54, 1.807) is 4.90 Å². The third-order valence-corrected chi connectivity index (χ3v) is 4.24. The standard InChI is InChI=1S/C18H25NO3/c1-12(2)8-13(3)9-17(20)19-10-14-6-4-5-7-15(14)16(11-19)18(21)22/h4-7,12-13,16H,8-11H2,1-3H3,(H,21,22). The number of carboxylic acids is 1. The number of rotatable bonds is 5. The van der Waals surface area contributed by atoms with Gasteiger partial charge in [0, 0.05) is 19.5 Å². The van der Waals surface area contributed by atoms with Gasteiger partial charge in [0.1, 0.15) is 0 Å². The molecule has 1 aromatic rings. The highest BCUT2D eigenvalue weighted by molar-refractivity contribution is 5.81. The van der Waals surface area contributed by atoms with Crippen LogP contribution in [0.1, 0.15) is 50.7 Å². The Bertz CT molecular complexity index is 553. The molecule has 1 aromatic carbocycles. The van der Waals surface area contributed by atoms with E-state index < -0.39 is 11.9 Å². The van der Waals surface area contributed by atoms with Crippen LogP contribution in [0.3, 0.4) is 0 Å². The van der Waals surface area contributed by atoms with Crippen LogP contribution in [0.5, 0.6) is 0 Å². The average molecular weight is 303 g/mol. The molecule has 0 fully saturated rings. The van der Waals surface area contributed by atoms with Gasteiger partial charge in [-0.2, -0.15) is 0 Å². The lowest BCUT2D eigenvalue weighted by molar-refractivity contribution is -0.141. The maximum atomic E-state index is 12.5. The van der Waals surface area contributed by atoms with E-state index >= 15 is 0 Å². The van der Waals surface area contributed by atoms with Crippen LogP contribution < -0.4 is 0 Å². The van der Waals surface area contributed by atoms with Crippen molar-refractivity contribution in [3.63, 3.8) is 0 Å². The van der Waals surface area contributed by atoms with Gasteiger partial charge >= 0.3 is 5.97 Å². The summed E-state index contributed by atoms with van der Waals surface area (Å²) in [5, 5.41) is 9.45. The zero-order valence-electron chi connectivity index (χ0n) is 13.6. The molecule has 2 rings (SSSR count). The van der Waals surface area contributed by atoms with E-state index in [2.05, 4.69) is 20.8 Å². The molecule has 0 radical (unpaired) electrons. The van der Waals surface area contributed by atoms with E-state index in [1.807, 2.05) is 24.3 Å². The normalized spacial score (nSPS) is 18.9. The molecule has 0 aromatic heterocycles. The second-order valence-corrected chi connectivity index (χ2v) is 6.80. The Labute approximate surface area is 132 Å². The highest BCUT2D eigenvalue weighted by Crippen LogP contribution is 2.29. The summed E-state index contributed by atoms with van der Waals surface area (Å²) >= 11 is 0. The van der Waals surface area contributed by atoms with Gasteiger partial charge in [-0.3, -0.25) is 9.59 Å². The lowest BCUT2D eigenvalue weighted by Crippen LogP contribution is -2.41. The summed E-state index contributed by atoms with van der Waals surface area (Å²) in [6.07, 6.45) is 1.51. The number of aliphatic carboxylic acids is 1. The zero-order chi connectivity index (χ0) is 16.3. The third-order valence-electron chi connectivity index (χ3n) is 4.24. The minimum atomic E-state index is -0.861. The van der Waals surface area contributed by atoms with Crippen LogP contribution in [0.25, 0.3) is 0 Å². The number of hydrogen-bond acceptors (Lipinski definition) is 2. The number of nitrogens with zero attached hydrogens (tertiary/aromatic N) is 1. The SMILES string of the molecule is CC(C)CC(C)CC(=O)N1Cc2ccccc2C(C(=O)O)C1. The predicted octanol–water partition coefficient (Wildman–Crippen LogP) is 3.27. The van der Waals surface area contributed by atoms with Crippen molar-refractivity contribution in [1.82, 2.24) is 4.90 Å². The average Bonchev–Trinajstić information content (AvgIpc) is 2.44. The van der Waals surface area contributed by atoms with Gasteiger partial charge in [0.25, 0.3) is 0 Å². The van der Waals surface area contributed by atoms with E-state index in [0.717, 1.165) is 17.5 Å². The molecule has 1 aliphatic heterocycles. The molecule has 120 valence electrons. The van der Waals surface area contributed by atoms with Crippen molar-refractivity contribution in [2.75, 3.05) is 6.54 Å². The van der Waals surface area contributed by atoms with Gasteiger partial charge in [-0.05, 0) is 29.4 Å². The summed E-state index contributed by atoms with van der Waals surface area (Å²) in [7, 11) is 0. The Morgan fingerprint density at radius 1 is 1.27 bits per heavy atom. The fourth-order valence-electron chi connectivity index (χ4n) is 3.32. The summed E-state index contributed by atoms with van der Waals surface area (Å²) in [4.78, 5) is 25.7. The van der Waals surface area contributed by atoms with Crippen molar-refractivity contribution >= 4 is 11.9 Å². The molecule has 1 amide bonds. The smallest absolute Gasteiger partial charge is 0.312 e. The number of amides is 1. The first kappa shape index (κ1) is 16.5. The highest BCUT2D eigenvalue weighted by atomic mass is 16.4. The first-order chi connectivity index (χ1) is 10.4. The fourth-order valence-corrected chi connectivity index (χ4v) is 3.32. The van der Waals surface area contributed by atoms with Crippen LogP contribution >= 0.6 is 0 Å². The first-order valence-corrected chi connectivity index (χ1v) is 7.96. The van der Waals surface area contributed by atoms with Gasteiger partial charge in [-0.15, -0.1) is 0 Å². The summed E-state index contributed by atoms with van der Waals surface area (Å²) in [6, 6.07) is 7.53. The molecule has 0 aliphatic carbocycles. The Hall–Kier alpha value is -1.84. The second kappa shape index (κ2) is 6.95. The molecule has 0 bridgehead atoms. The molecule has 4 nitrogen and oxygen atoms in total. The van der Waals surface area contributed by atoms with Crippen molar-refractivity contribution < 1.29 is 14.7 Å². The van der Waals surface area contributed by atoms with Crippen molar-refractivity contribution in [3.05, 3.63) is 35.4 Å². The van der Waals surface area contributed by atoms with Crippen LogP contribution in [-0.4, -0.2) is 28.4 Å². The summed E-state index contributed by atoms with van der Waals surface area (Å²) < 4.78 is 0. The molecule has 1 aliphatic rings. The van der Waals surface area contributed by atoms with Gasteiger partial charge < -0.3 is 10.0 Å². The number of hydrogen-bond donors (Lipinski definition) is 1. The number of carbonyl (C=O) groups excluding carboxylic acids is 1.